The van der Waals surface area contributed by atoms with Gasteiger partial charge in [0.2, 0.25) is 0 Å². The summed E-state index contributed by atoms with van der Waals surface area (Å²) in [4.78, 5) is 13.7. The number of sulfone groups is 1. The molecule has 1 aromatic carbocycles. The molecule has 0 aliphatic carbocycles. The van der Waals surface area contributed by atoms with E-state index in [1.54, 1.807) is 0 Å². The molecule has 5 nitrogen and oxygen atoms in total. The summed E-state index contributed by atoms with van der Waals surface area (Å²) in [6, 6.07) is 3.50. The molecule has 1 heterocycles. The molecule has 1 unspecified atom stereocenters. The summed E-state index contributed by atoms with van der Waals surface area (Å²) in [5, 5.41) is -0.892. The maximum absolute atomic E-state index is 13.3. The van der Waals surface area contributed by atoms with Crippen LogP contribution in [0.1, 0.15) is 10.4 Å². The monoisotopic (exact) mass is 318 g/mol. The Bertz CT molecular complexity index is 634. The van der Waals surface area contributed by atoms with Crippen molar-refractivity contribution in [1.29, 1.82) is 0 Å². The van der Waals surface area contributed by atoms with Gasteiger partial charge in [-0.2, -0.15) is 11.8 Å². The van der Waals surface area contributed by atoms with Gasteiger partial charge in [-0.05, 0) is 18.2 Å². The highest BCUT2D eigenvalue weighted by molar-refractivity contribution is 8.00. The number of hydrogen-bond donors (Lipinski definition) is 1. The molecule has 20 heavy (non-hydrogen) atoms. The van der Waals surface area contributed by atoms with Gasteiger partial charge in [-0.1, -0.05) is 0 Å². The Morgan fingerprint density at radius 2 is 2.20 bits per heavy atom. The number of nitrogens with two attached hydrogens (primary N) is 1. The molecule has 0 spiro atoms. The largest absolute Gasteiger partial charge is 0.398 e. The first kappa shape index (κ1) is 15.1. The third-order valence-corrected chi connectivity index (χ3v) is 5.73. The smallest absolute Gasteiger partial charge is 0.257 e. The number of anilines is 1. The van der Waals surface area contributed by atoms with Crippen LogP contribution in [-0.4, -0.2) is 48.9 Å². The molecule has 0 bridgehead atoms. The zero-order valence-electron chi connectivity index (χ0n) is 10.9. The SMILES string of the molecule is CS(=O)(=O)C1CSCCN1C(=O)c1cc(F)ccc1N. The van der Waals surface area contributed by atoms with Gasteiger partial charge in [-0.15, -0.1) is 0 Å². The quantitative estimate of drug-likeness (QED) is 0.822. The fourth-order valence-electron chi connectivity index (χ4n) is 2.04. The average molecular weight is 318 g/mol. The van der Waals surface area contributed by atoms with Gasteiger partial charge >= 0.3 is 0 Å². The number of carbonyl (C=O) groups excluding carboxylic acids is 1. The van der Waals surface area contributed by atoms with Gasteiger partial charge in [-0.25, -0.2) is 12.8 Å². The maximum Gasteiger partial charge on any atom is 0.257 e. The minimum Gasteiger partial charge on any atom is -0.398 e. The molecule has 1 atom stereocenters. The van der Waals surface area contributed by atoms with E-state index in [-0.39, 0.29) is 11.3 Å². The summed E-state index contributed by atoms with van der Waals surface area (Å²) in [6.45, 7) is 0.303. The lowest BCUT2D eigenvalue weighted by molar-refractivity contribution is 0.0750. The number of nitrogen functional groups attached to an aromatic ring is 1. The van der Waals surface area contributed by atoms with Crippen LogP contribution in [0, 0.1) is 5.82 Å². The molecular weight excluding hydrogens is 303 g/mol. The molecule has 0 radical (unpaired) electrons. The highest BCUT2D eigenvalue weighted by Gasteiger charge is 2.35. The van der Waals surface area contributed by atoms with Crippen LogP contribution in [0.25, 0.3) is 0 Å². The van der Waals surface area contributed by atoms with Crippen LogP contribution in [0.3, 0.4) is 0 Å². The minimum atomic E-state index is -3.40. The lowest BCUT2D eigenvalue weighted by Gasteiger charge is -2.34. The molecule has 0 saturated carbocycles. The summed E-state index contributed by atoms with van der Waals surface area (Å²) in [5.41, 5.74) is 5.83. The Labute approximate surface area is 121 Å². The first-order valence-electron chi connectivity index (χ1n) is 5.93. The zero-order chi connectivity index (χ0) is 14.9. The molecule has 2 N–H and O–H groups in total. The first-order valence-corrected chi connectivity index (χ1v) is 9.04. The Kier molecular flexibility index (Phi) is 4.24. The Morgan fingerprint density at radius 3 is 2.85 bits per heavy atom. The number of hydrogen-bond acceptors (Lipinski definition) is 5. The molecule has 1 saturated heterocycles. The van der Waals surface area contributed by atoms with Crippen LogP contribution < -0.4 is 5.73 Å². The number of benzene rings is 1. The van der Waals surface area contributed by atoms with Crippen LogP contribution in [0.4, 0.5) is 10.1 Å². The Hall–Kier alpha value is -1.28. The second-order valence-corrected chi connectivity index (χ2v) is 7.94. The van der Waals surface area contributed by atoms with Crippen molar-refractivity contribution in [2.45, 2.75) is 5.37 Å². The lowest BCUT2D eigenvalue weighted by Crippen LogP contribution is -2.50. The predicted octanol–water partition coefficient (Wildman–Crippen LogP) is 0.968. The van der Waals surface area contributed by atoms with E-state index >= 15 is 0 Å². The molecule has 1 aromatic rings. The highest BCUT2D eigenvalue weighted by Crippen LogP contribution is 2.24. The zero-order valence-corrected chi connectivity index (χ0v) is 12.5. The fourth-order valence-corrected chi connectivity index (χ4v) is 4.85. The van der Waals surface area contributed by atoms with E-state index in [2.05, 4.69) is 0 Å². The minimum absolute atomic E-state index is 0.00514. The second kappa shape index (κ2) is 5.61. The fraction of sp³-hybridized carbons (Fsp3) is 0.417. The predicted molar refractivity (Wildman–Crippen MR) is 77.8 cm³/mol. The molecular formula is C12H15FN2O3S2. The van der Waals surface area contributed by atoms with Crippen LogP contribution in [0.15, 0.2) is 18.2 Å². The third kappa shape index (κ3) is 3.06. The van der Waals surface area contributed by atoms with E-state index < -0.39 is 26.9 Å². The van der Waals surface area contributed by atoms with Crippen molar-refractivity contribution in [3.05, 3.63) is 29.6 Å². The third-order valence-electron chi connectivity index (χ3n) is 3.09. The molecule has 110 valence electrons. The van der Waals surface area contributed by atoms with Crippen molar-refractivity contribution in [2.75, 3.05) is 30.0 Å². The van der Waals surface area contributed by atoms with Crippen LogP contribution >= 0.6 is 11.8 Å². The van der Waals surface area contributed by atoms with Crippen LogP contribution in [0.2, 0.25) is 0 Å². The number of nitrogens with zero attached hydrogens (tertiary/aromatic N) is 1. The van der Waals surface area contributed by atoms with Crippen LogP contribution in [-0.2, 0) is 9.84 Å². The molecule has 1 aliphatic rings. The van der Waals surface area contributed by atoms with Crippen molar-refractivity contribution in [1.82, 2.24) is 4.90 Å². The van der Waals surface area contributed by atoms with Crippen molar-refractivity contribution < 1.29 is 17.6 Å². The molecule has 0 aromatic heterocycles. The Balaban J connectivity index is 2.37. The van der Waals surface area contributed by atoms with E-state index in [0.717, 1.165) is 18.4 Å². The maximum atomic E-state index is 13.3. The van der Waals surface area contributed by atoms with E-state index in [4.69, 9.17) is 5.73 Å². The highest BCUT2D eigenvalue weighted by atomic mass is 32.2. The van der Waals surface area contributed by atoms with Gasteiger partial charge in [0.25, 0.3) is 5.91 Å². The van der Waals surface area contributed by atoms with Gasteiger partial charge in [-0.3, -0.25) is 4.79 Å². The second-order valence-electron chi connectivity index (χ2n) is 4.59. The van der Waals surface area contributed by atoms with E-state index in [1.807, 2.05) is 0 Å². The standard InChI is InChI=1S/C12H15FN2O3S2/c1-20(17,18)11-7-19-5-4-15(11)12(16)9-6-8(13)2-3-10(9)14/h2-3,6,11H,4-5,7,14H2,1H3. The van der Waals surface area contributed by atoms with Gasteiger partial charge < -0.3 is 10.6 Å². The summed E-state index contributed by atoms with van der Waals surface area (Å²) in [5.74, 6) is -0.158. The number of carbonyl (C=O) groups is 1. The summed E-state index contributed by atoms with van der Waals surface area (Å²) >= 11 is 1.48. The molecule has 1 amide bonds. The molecule has 2 rings (SSSR count). The number of rotatable bonds is 2. The normalized spacial score (nSPS) is 19.9. The van der Waals surface area contributed by atoms with E-state index in [0.29, 0.717) is 18.1 Å². The molecule has 1 fully saturated rings. The average Bonchev–Trinajstić information content (AvgIpc) is 2.40. The van der Waals surface area contributed by atoms with Gasteiger partial charge in [0.15, 0.2) is 9.84 Å². The van der Waals surface area contributed by atoms with E-state index in [9.17, 15) is 17.6 Å². The number of halogens is 1. The van der Waals surface area contributed by atoms with Crippen molar-refractivity contribution in [3.8, 4) is 0 Å². The molecule has 1 aliphatic heterocycles. The molecule has 8 heteroatoms. The van der Waals surface area contributed by atoms with Gasteiger partial charge in [0.1, 0.15) is 11.2 Å². The first-order chi connectivity index (χ1) is 9.30. The van der Waals surface area contributed by atoms with E-state index in [1.165, 1.54) is 22.7 Å². The number of thioether (sulfide) groups is 1. The topological polar surface area (TPSA) is 80.5 Å². The van der Waals surface area contributed by atoms with Gasteiger partial charge in [0.05, 0.1) is 5.56 Å². The van der Waals surface area contributed by atoms with Crippen LogP contribution in [0.5, 0.6) is 0 Å². The lowest BCUT2D eigenvalue weighted by atomic mass is 10.1. The summed E-state index contributed by atoms with van der Waals surface area (Å²) < 4.78 is 36.8. The van der Waals surface area contributed by atoms with Crippen molar-refractivity contribution in [2.24, 2.45) is 0 Å². The summed E-state index contributed by atoms with van der Waals surface area (Å²) in [7, 11) is -3.40. The van der Waals surface area contributed by atoms with Gasteiger partial charge in [0, 0.05) is 30.0 Å². The Morgan fingerprint density at radius 1 is 1.50 bits per heavy atom. The summed E-state index contributed by atoms with van der Waals surface area (Å²) in [6.07, 6.45) is 1.10. The van der Waals surface area contributed by atoms with Crippen molar-refractivity contribution >= 4 is 33.2 Å². The number of amides is 1. The van der Waals surface area contributed by atoms with Crippen molar-refractivity contribution in [3.63, 3.8) is 0 Å².